The lowest BCUT2D eigenvalue weighted by molar-refractivity contribution is 0.381. The normalized spacial score (nSPS) is 26.9. The van der Waals surface area contributed by atoms with Gasteiger partial charge >= 0.3 is 0 Å². The summed E-state index contributed by atoms with van der Waals surface area (Å²) in [5, 5.41) is 10.5. The smallest absolute Gasteiger partial charge is 0.245 e. The minimum atomic E-state index is -3.25. The fraction of sp³-hybridized carbons (Fsp3) is 0.846. The third-order valence-electron chi connectivity index (χ3n) is 4.91. The summed E-state index contributed by atoms with van der Waals surface area (Å²) in [5.74, 6) is 1.68. The molecule has 2 atom stereocenters. The van der Waals surface area contributed by atoms with Gasteiger partial charge in [0.1, 0.15) is 10.6 Å². The molecule has 21 heavy (non-hydrogen) atoms. The molecule has 0 radical (unpaired) electrons. The summed E-state index contributed by atoms with van der Waals surface area (Å²) in [6.45, 7) is 6.24. The summed E-state index contributed by atoms with van der Waals surface area (Å²) in [4.78, 5) is 6.70. The summed E-state index contributed by atoms with van der Waals surface area (Å²) in [6, 6.07) is 0.420. The topological polar surface area (TPSA) is 91.0 Å². The van der Waals surface area contributed by atoms with Crippen LogP contribution in [0.1, 0.15) is 32.5 Å². The molecule has 1 aromatic heterocycles. The average Bonchev–Trinajstić information content (AvgIpc) is 3.06. The molecule has 7 nitrogen and oxygen atoms in total. The number of hydrogen-bond donors (Lipinski definition) is 2. The highest BCUT2D eigenvalue weighted by Gasteiger charge is 2.39. The standard InChI is InChI=1S/C13H23N5O2S/c1-13(2,21(3,19)20)11-15-12(17-16-11)18-6-4-5-9-7-14-8-10(9)18/h9-10,14H,4-8H2,1-3H3,(H,15,16,17). The molecule has 3 heterocycles. The number of aromatic nitrogens is 3. The quantitative estimate of drug-likeness (QED) is 0.832. The van der Waals surface area contributed by atoms with E-state index in [1.165, 1.54) is 12.7 Å². The Morgan fingerprint density at radius 2 is 2.10 bits per heavy atom. The SMILES string of the molecule is CC(C)(c1nc(N2CCCC3CNCC32)n[nH]1)S(C)(=O)=O. The molecule has 3 rings (SSSR count). The first kappa shape index (κ1) is 14.8. The van der Waals surface area contributed by atoms with Crippen molar-refractivity contribution in [2.75, 3.05) is 30.8 Å². The van der Waals surface area contributed by atoms with Crippen LogP contribution in [0.4, 0.5) is 5.95 Å². The summed E-state index contributed by atoms with van der Waals surface area (Å²) in [7, 11) is -3.25. The largest absolute Gasteiger partial charge is 0.335 e. The average molecular weight is 313 g/mol. The van der Waals surface area contributed by atoms with Gasteiger partial charge in [-0.25, -0.2) is 8.42 Å². The van der Waals surface area contributed by atoms with Gasteiger partial charge in [-0.15, -0.1) is 5.10 Å². The predicted molar refractivity (Wildman–Crippen MR) is 81.0 cm³/mol. The number of anilines is 1. The van der Waals surface area contributed by atoms with Gasteiger partial charge in [0.05, 0.1) is 0 Å². The summed E-state index contributed by atoms with van der Waals surface area (Å²) in [5.41, 5.74) is 0. The molecule has 0 spiro atoms. The zero-order valence-corrected chi connectivity index (χ0v) is 13.6. The lowest BCUT2D eigenvalue weighted by Gasteiger charge is -2.36. The van der Waals surface area contributed by atoms with Gasteiger partial charge in [-0.2, -0.15) is 4.98 Å². The summed E-state index contributed by atoms with van der Waals surface area (Å²) >= 11 is 0. The van der Waals surface area contributed by atoms with Crippen LogP contribution < -0.4 is 10.2 Å². The van der Waals surface area contributed by atoms with E-state index >= 15 is 0 Å². The Balaban J connectivity index is 1.88. The van der Waals surface area contributed by atoms with Crippen molar-refractivity contribution in [1.82, 2.24) is 20.5 Å². The van der Waals surface area contributed by atoms with Crippen LogP contribution in [0.2, 0.25) is 0 Å². The van der Waals surface area contributed by atoms with E-state index in [0.717, 1.165) is 26.1 Å². The lowest BCUT2D eigenvalue weighted by Crippen LogP contribution is -2.45. The van der Waals surface area contributed by atoms with E-state index in [4.69, 9.17) is 0 Å². The van der Waals surface area contributed by atoms with E-state index in [1.807, 2.05) is 0 Å². The fourth-order valence-corrected chi connectivity index (χ4v) is 3.59. The Bertz CT molecular complexity index is 624. The first-order valence-electron chi connectivity index (χ1n) is 7.40. The number of nitrogens with one attached hydrogen (secondary N) is 2. The van der Waals surface area contributed by atoms with E-state index in [1.54, 1.807) is 13.8 Å². The molecular weight excluding hydrogens is 290 g/mol. The number of piperidine rings is 1. The maximum Gasteiger partial charge on any atom is 0.245 e. The second-order valence-electron chi connectivity index (χ2n) is 6.59. The van der Waals surface area contributed by atoms with E-state index in [-0.39, 0.29) is 0 Å². The molecule has 2 saturated heterocycles. The highest BCUT2D eigenvalue weighted by molar-refractivity contribution is 7.91. The van der Waals surface area contributed by atoms with Crippen LogP contribution >= 0.6 is 0 Å². The van der Waals surface area contributed by atoms with Gasteiger partial charge in [0.15, 0.2) is 9.84 Å². The minimum absolute atomic E-state index is 0.410. The highest BCUT2D eigenvalue weighted by atomic mass is 32.2. The third kappa shape index (κ3) is 2.44. The Hall–Kier alpha value is -1.15. The van der Waals surface area contributed by atoms with Gasteiger partial charge < -0.3 is 10.2 Å². The Labute approximate surface area is 125 Å². The van der Waals surface area contributed by atoms with E-state index in [2.05, 4.69) is 25.4 Å². The molecule has 2 aliphatic heterocycles. The minimum Gasteiger partial charge on any atom is -0.335 e. The fourth-order valence-electron chi connectivity index (χ4n) is 3.14. The van der Waals surface area contributed by atoms with Crippen molar-refractivity contribution in [3.8, 4) is 0 Å². The number of sulfone groups is 1. The van der Waals surface area contributed by atoms with E-state index < -0.39 is 14.6 Å². The predicted octanol–water partition coefficient (Wildman–Crippen LogP) is 0.273. The number of fused-ring (bicyclic) bond motifs is 1. The van der Waals surface area contributed by atoms with Crippen molar-refractivity contribution in [1.29, 1.82) is 0 Å². The van der Waals surface area contributed by atoms with Crippen LogP contribution in [0.25, 0.3) is 0 Å². The molecule has 0 saturated carbocycles. The monoisotopic (exact) mass is 313 g/mol. The van der Waals surface area contributed by atoms with Gasteiger partial charge in [0, 0.05) is 31.9 Å². The highest BCUT2D eigenvalue weighted by Crippen LogP contribution is 2.31. The molecule has 0 aliphatic carbocycles. The Morgan fingerprint density at radius 3 is 2.81 bits per heavy atom. The summed E-state index contributed by atoms with van der Waals surface area (Å²) < 4.78 is 22.8. The van der Waals surface area contributed by atoms with Crippen LogP contribution in [-0.2, 0) is 14.6 Å². The van der Waals surface area contributed by atoms with Gasteiger partial charge in [-0.05, 0) is 32.6 Å². The van der Waals surface area contributed by atoms with Crippen molar-refractivity contribution in [3.63, 3.8) is 0 Å². The molecule has 0 bridgehead atoms. The van der Waals surface area contributed by atoms with Crippen LogP contribution in [-0.4, -0.2) is 55.5 Å². The number of nitrogens with zero attached hydrogens (tertiary/aromatic N) is 3. The van der Waals surface area contributed by atoms with Crippen molar-refractivity contribution >= 4 is 15.8 Å². The second-order valence-corrected chi connectivity index (χ2v) is 9.15. The third-order valence-corrected chi connectivity index (χ3v) is 6.95. The van der Waals surface area contributed by atoms with E-state index in [0.29, 0.717) is 23.7 Å². The molecule has 118 valence electrons. The summed E-state index contributed by atoms with van der Waals surface area (Å²) in [6.07, 6.45) is 3.59. The van der Waals surface area contributed by atoms with Crippen LogP contribution in [0.5, 0.6) is 0 Å². The Kier molecular flexibility index (Phi) is 3.48. The van der Waals surface area contributed by atoms with Gasteiger partial charge in [0.2, 0.25) is 5.95 Å². The van der Waals surface area contributed by atoms with Crippen molar-refractivity contribution < 1.29 is 8.42 Å². The molecule has 2 fully saturated rings. The number of hydrogen-bond acceptors (Lipinski definition) is 6. The zero-order valence-electron chi connectivity index (χ0n) is 12.8. The van der Waals surface area contributed by atoms with Gasteiger partial charge in [-0.1, -0.05) is 0 Å². The molecule has 2 N–H and O–H groups in total. The number of H-pyrrole nitrogens is 1. The van der Waals surface area contributed by atoms with Gasteiger partial charge in [0.25, 0.3) is 0 Å². The van der Waals surface area contributed by atoms with E-state index in [9.17, 15) is 8.42 Å². The van der Waals surface area contributed by atoms with Crippen molar-refractivity contribution in [2.45, 2.75) is 37.5 Å². The first-order chi connectivity index (χ1) is 9.80. The Morgan fingerprint density at radius 1 is 1.33 bits per heavy atom. The first-order valence-corrected chi connectivity index (χ1v) is 9.29. The number of aromatic amines is 1. The molecule has 0 aromatic carbocycles. The molecule has 2 aliphatic rings. The molecule has 0 amide bonds. The van der Waals surface area contributed by atoms with Crippen molar-refractivity contribution in [3.05, 3.63) is 5.82 Å². The molecule has 8 heteroatoms. The molecular formula is C13H23N5O2S. The zero-order chi connectivity index (χ0) is 15.3. The number of rotatable bonds is 3. The second kappa shape index (κ2) is 4.95. The molecule has 2 unspecified atom stereocenters. The maximum atomic E-state index is 11.9. The van der Waals surface area contributed by atoms with Crippen molar-refractivity contribution in [2.24, 2.45) is 5.92 Å². The van der Waals surface area contributed by atoms with Crippen LogP contribution in [0.3, 0.4) is 0 Å². The molecule has 1 aromatic rings. The van der Waals surface area contributed by atoms with Crippen LogP contribution in [0, 0.1) is 5.92 Å². The lowest BCUT2D eigenvalue weighted by atomic mass is 9.92. The van der Waals surface area contributed by atoms with Gasteiger partial charge in [-0.3, -0.25) is 5.10 Å². The maximum absolute atomic E-state index is 11.9. The van der Waals surface area contributed by atoms with Crippen LogP contribution in [0.15, 0.2) is 0 Å².